The largest absolute Gasteiger partial charge is 0.503 e. The number of hydrogen-bond donors (Lipinski definition) is 3. The standard InChI is InChI=1S/C11H14O6S/c1-3-4-5(2)17-11(16)9-7(13)6(12)8(18-9)10(14)15/h5,12-13H,3-4H2,1-2H3,(H,14,15). The molecule has 3 N–H and O–H groups in total. The van der Waals surface area contributed by atoms with Gasteiger partial charge in [0, 0.05) is 0 Å². The Morgan fingerprint density at radius 1 is 1.28 bits per heavy atom. The minimum Gasteiger partial charge on any atom is -0.503 e. The molecule has 0 aliphatic rings. The van der Waals surface area contributed by atoms with Crippen LogP contribution in [0.25, 0.3) is 0 Å². The number of carbonyl (C=O) groups excluding carboxylic acids is 1. The molecule has 1 unspecified atom stereocenters. The van der Waals surface area contributed by atoms with Gasteiger partial charge in [-0.3, -0.25) is 0 Å². The van der Waals surface area contributed by atoms with Crippen LogP contribution in [0.2, 0.25) is 0 Å². The van der Waals surface area contributed by atoms with E-state index in [1.807, 2.05) is 6.92 Å². The van der Waals surface area contributed by atoms with Crippen molar-refractivity contribution in [3.8, 4) is 11.5 Å². The molecule has 1 rings (SSSR count). The summed E-state index contributed by atoms with van der Waals surface area (Å²) in [4.78, 5) is 21.6. The number of aromatic hydroxyl groups is 2. The van der Waals surface area contributed by atoms with Gasteiger partial charge in [-0.1, -0.05) is 13.3 Å². The Bertz CT molecular complexity index is 464. The highest BCUT2D eigenvalue weighted by Crippen LogP contribution is 2.40. The van der Waals surface area contributed by atoms with E-state index < -0.39 is 28.3 Å². The molecule has 0 fully saturated rings. The zero-order valence-electron chi connectivity index (χ0n) is 9.97. The van der Waals surface area contributed by atoms with Crippen LogP contribution in [0.5, 0.6) is 11.5 Å². The fraction of sp³-hybridized carbons (Fsp3) is 0.455. The van der Waals surface area contributed by atoms with E-state index in [0.29, 0.717) is 17.8 Å². The third-order valence-corrected chi connectivity index (χ3v) is 3.38. The smallest absolute Gasteiger partial charge is 0.352 e. The van der Waals surface area contributed by atoms with E-state index in [0.717, 1.165) is 6.42 Å². The van der Waals surface area contributed by atoms with Crippen molar-refractivity contribution in [3.05, 3.63) is 9.75 Å². The summed E-state index contributed by atoms with van der Waals surface area (Å²) < 4.78 is 5.01. The SMILES string of the molecule is CCCC(C)OC(=O)c1sc(C(=O)O)c(O)c1O. The first kappa shape index (κ1) is 14.3. The van der Waals surface area contributed by atoms with Crippen molar-refractivity contribution in [2.45, 2.75) is 32.8 Å². The van der Waals surface area contributed by atoms with E-state index >= 15 is 0 Å². The number of aromatic carboxylic acids is 1. The summed E-state index contributed by atoms with van der Waals surface area (Å²) in [6.45, 7) is 3.63. The Morgan fingerprint density at radius 2 is 1.83 bits per heavy atom. The molecule has 0 saturated carbocycles. The van der Waals surface area contributed by atoms with Crippen molar-refractivity contribution in [2.75, 3.05) is 0 Å². The number of esters is 1. The van der Waals surface area contributed by atoms with Gasteiger partial charge < -0.3 is 20.1 Å². The lowest BCUT2D eigenvalue weighted by Gasteiger charge is -2.10. The number of carboxylic acids is 1. The maximum atomic E-state index is 11.7. The van der Waals surface area contributed by atoms with Crippen LogP contribution in [-0.4, -0.2) is 33.4 Å². The monoisotopic (exact) mass is 274 g/mol. The number of ether oxygens (including phenoxy) is 1. The molecule has 0 aliphatic carbocycles. The highest BCUT2D eigenvalue weighted by molar-refractivity contribution is 7.16. The Kier molecular flexibility index (Phi) is 4.55. The summed E-state index contributed by atoms with van der Waals surface area (Å²) in [6, 6.07) is 0. The molecule has 0 amide bonds. The predicted octanol–water partition coefficient (Wildman–Crippen LogP) is 2.20. The van der Waals surface area contributed by atoms with Crippen LogP contribution >= 0.6 is 11.3 Å². The number of hydrogen-bond acceptors (Lipinski definition) is 6. The number of rotatable bonds is 5. The average molecular weight is 274 g/mol. The van der Waals surface area contributed by atoms with Crippen LogP contribution in [0.1, 0.15) is 46.0 Å². The van der Waals surface area contributed by atoms with E-state index in [1.165, 1.54) is 0 Å². The highest BCUT2D eigenvalue weighted by atomic mass is 32.1. The fourth-order valence-corrected chi connectivity index (χ4v) is 2.21. The second-order valence-corrected chi connectivity index (χ2v) is 4.79. The first-order chi connectivity index (χ1) is 8.38. The van der Waals surface area contributed by atoms with Crippen LogP contribution in [0.4, 0.5) is 0 Å². The van der Waals surface area contributed by atoms with E-state index in [4.69, 9.17) is 9.84 Å². The molecule has 0 aromatic carbocycles. The molecule has 1 heterocycles. The number of carbonyl (C=O) groups is 2. The van der Waals surface area contributed by atoms with Crippen LogP contribution in [0.15, 0.2) is 0 Å². The van der Waals surface area contributed by atoms with E-state index in [2.05, 4.69) is 0 Å². The molecule has 0 aliphatic heterocycles. The zero-order chi connectivity index (χ0) is 13.9. The molecule has 1 aromatic rings. The van der Waals surface area contributed by atoms with Crippen molar-refractivity contribution in [1.82, 2.24) is 0 Å². The lowest BCUT2D eigenvalue weighted by Crippen LogP contribution is -2.13. The number of carboxylic acid groups (broad SMARTS) is 1. The molecule has 0 radical (unpaired) electrons. The number of thiophene rings is 1. The van der Waals surface area contributed by atoms with Gasteiger partial charge in [-0.25, -0.2) is 9.59 Å². The first-order valence-electron chi connectivity index (χ1n) is 5.37. The minimum absolute atomic E-state index is 0.298. The quantitative estimate of drug-likeness (QED) is 0.711. The summed E-state index contributed by atoms with van der Waals surface area (Å²) in [7, 11) is 0. The highest BCUT2D eigenvalue weighted by Gasteiger charge is 2.27. The molecule has 18 heavy (non-hydrogen) atoms. The third-order valence-electron chi connectivity index (χ3n) is 2.24. The van der Waals surface area contributed by atoms with Crippen LogP contribution in [-0.2, 0) is 4.74 Å². The second-order valence-electron chi connectivity index (χ2n) is 3.77. The van der Waals surface area contributed by atoms with Gasteiger partial charge in [0.1, 0.15) is 0 Å². The lowest BCUT2D eigenvalue weighted by atomic mass is 10.2. The fourth-order valence-electron chi connectivity index (χ4n) is 1.40. The van der Waals surface area contributed by atoms with Crippen LogP contribution in [0.3, 0.4) is 0 Å². The minimum atomic E-state index is -1.41. The summed E-state index contributed by atoms with van der Waals surface area (Å²) in [5.74, 6) is -3.79. The Hall–Kier alpha value is -1.76. The zero-order valence-corrected chi connectivity index (χ0v) is 10.8. The van der Waals surface area contributed by atoms with Gasteiger partial charge in [0.05, 0.1) is 6.10 Å². The van der Waals surface area contributed by atoms with Gasteiger partial charge in [0.2, 0.25) is 0 Å². The van der Waals surface area contributed by atoms with Crippen molar-refractivity contribution in [2.24, 2.45) is 0 Å². The van der Waals surface area contributed by atoms with Gasteiger partial charge in [0.25, 0.3) is 0 Å². The Morgan fingerprint density at radius 3 is 2.28 bits per heavy atom. The van der Waals surface area contributed by atoms with Gasteiger partial charge in [0.15, 0.2) is 21.3 Å². The van der Waals surface area contributed by atoms with Gasteiger partial charge in [-0.2, -0.15) is 0 Å². The van der Waals surface area contributed by atoms with Crippen molar-refractivity contribution in [1.29, 1.82) is 0 Å². The van der Waals surface area contributed by atoms with E-state index in [1.54, 1.807) is 6.92 Å². The summed E-state index contributed by atoms with van der Waals surface area (Å²) in [5, 5.41) is 27.6. The molecule has 1 atom stereocenters. The van der Waals surface area contributed by atoms with Crippen molar-refractivity contribution < 1.29 is 29.6 Å². The van der Waals surface area contributed by atoms with Gasteiger partial charge in [-0.05, 0) is 13.3 Å². The molecule has 0 saturated heterocycles. The molecular weight excluding hydrogens is 260 g/mol. The van der Waals surface area contributed by atoms with Crippen LogP contribution in [0, 0.1) is 0 Å². The van der Waals surface area contributed by atoms with Gasteiger partial charge in [-0.15, -0.1) is 11.3 Å². The summed E-state index contributed by atoms with van der Waals surface area (Å²) >= 11 is 0.488. The second kappa shape index (κ2) is 5.72. The Labute approximate surface area is 107 Å². The van der Waals surface area contributed by atoms with E-state index in [-0.39, 0.29) is 11.0 Å². The molecule has 0 bridgehead atoms. The molecular formula is C11H14O6S. The first-order valence-corrected chi connectivity index (χ1v) is 6.19. The maximum absolute atomic E-state index is 11.7. The van der Waals surface area contributed by atoms with Crippen molar-refractivity contribution >= 4 is 23.3 Å². The topological polar surface area (TPSA) is 104 Å². The van der Waals surface area contributed by atoms with E-state index in [9.17, 15) is 19.8 Å². The van der Waals surface area contributed by atoms with Crippen molar-refractivity contribution in [3.63, 3.8) is 0 Å². The average Bonchev–Trinajstić information content (AvgIpc) is 2.56. The molecule has 6 nitrogen and oxygen atoms in total. The molecule has 0 spiro atoms. The summed E-state index contributed by atoms with van der Waals surface area (Å²) in [5.41, 5.74) is 0. The molecule has 100 valence electrons. The maximum Gasteiger partial charge on any atom is 0.352 e. The van der Waals surface area contributed by atoms with Crippen LogP contribution < -0.4 is 0 Å². The van der Waals surface area contributed by atoms with Gasteiger partial charge >= 0.3 is 11.9 Å². The normalized spacial score (nSPS) is 12.1. The molecule has 7 heteroatoms. The molecule has 1 aromatic heterocycles. The predicted molar refractivity (Wildman–Crippen MR) is 64.4 cm³/mol. The lowest BCUT2D eigenvalue weighted by molar-refractivity contribution is 0.0326. The third kappa shape index (κ3) is 2.92. The summed E-state index contributed by atoms with van der Waals surface area (Å²) in [6.07, 6.45) is 1.16. The Balaban J connectivity index is 2.93.